The number of thiazole rings is 1. The summed E-state index contributed by atoms with van der Waals surface area (Å²) in [6.07, 6.45) is 5.34. The molecule has 1 saturated heterocycles. The number of fused-ring (bicyclic) bond motifs is 1. The quantitative estimate of drug-likeness (QED) is 0.200. The second-order valence-electron chi connectivity index (χ2n) is 9.31. The molecular weight excluding hydrogens is 548 g/mol. The summed E-state index contributed by atoms with van der Waals surface area (Å²) in [4.78, 5) is 18.6. The Bertz CT molecular complexity index is 1610. The molecule has 1 amide bonds. The Morgan fingerprint density at radius 3 is 2.23 bits per heavy atom. The summed E-state index contributed by atoms with van der Waals surface area (Å²) in [5, 5.41) is 6.11. The van der Waals surface area contributed by atoms with E-state index in [4.69, 9.17) is 9.47 Å². The fourth-order valence-corrected chi connectivity index (χ4v) is 6.90. The number of sulfonamides is 1. The van der Waals surface area contributed by atoms with Crippen molar-refractivity contribution in [3.05, 3.63) is 77.9 Å². The van der Waals surface area contributed by atoms with Crippen LogP contribution in [0.25, 0.3) is 10.2 Å². The van der Waals surface area contributed by atoms with Crippen LogP contribution >= 0.6 is 11.3 Å². The summed E-state index contributed by atoms with van der Waals surface area (Å²) in [5.74, 6) is 0.957. The van der Waals surface area contributed by atoms with Crippen molar-refractivity contribution in [1.82, 2.24) is 9.29 Å². The molecule has 208 valence electrons. The third-order valence-corrected chi connectivity index (χ3v) is 9.61. The van der Waals surface area contributed by atoms with Crippen LogP contribution in [0, 0.1) is 0 Å². The molecule has 0 spiro atoms. The summed E-state index contributed by atoms with van der Waals surface area (Å²) in [6, 6.07) is 18.8. The topological polar surface area (TPSA) is 101 Å². The van der Waals surface area contributed by atoms with Crippen molar-refractivity contribution < 1.29 is 22.7 Å². The van der Waals surface area contributed by atoms with Gasteiger partial charge in [0.2, 0.25) is 15.2 Å². The first-order valence-electron chi connectivity index (χ1n) is 13.0. The Kier molecular flexibility index (Phi) is 8.43. The van der Waals surface area contributed by atoms with Gasteiger partial charge in [-0.25, -0.2) is 13.4 Å². The molecule has 0 bridgehead atoms. The number of hydrogen-bond acceptors (Lipinski definition) is 8. The minimum Gasteiger partial charge on any atom is -0.497 e. The van der Waals surface area contributed by atoms with Gasteiger partial charge in [0.15, 0.2) is 0 Å². The smallest absolute Gasteiger partial charge is 0.280 e. The molecule has 40 heavy (non-hydrogen) atoms. The summed E-state index contributed by atoms with van der Waals surface area (Å²) >= 11 is 1.30. The van der Waals surface area contributed by atoms with E-state index >= 15 is 0 Å². The average Bonchev–Trinajstić information content (AvgIpc) is 3.20. The molecule has 11 heteroatoms. The Morgan fingerprint density at radius 2 is 1.57 bits per heavy atom. The Hall–Kier alpha value is -3.80. The summed E-state index contributed by atoms with van der Waals surface area (Å²) in [6.45, 7) is 1.03. The van der Waals surface area contributed by atoms with Crippen LogP contribution in [-0.2, 0) is 10.0 Å². The predicted octanol–water partition coefficient (Wildman–Crippen LogP) is 5.56. The Balaban J connectivity index is 1.46. The highest BCUT2D eigenvalue weighted by Gasteiger charge is 2.26. The zero-order chi connectivity index (χ0) is 28.1. The fraction of sp³-hybridized carbons (Fsp3) is 0.276. The van der Waals surface area contributed by atoms with Crippen molar-refractivity contribution in [2.75, 3.05) is 32.3 Å². The zero-order valence-corrected chi connectivity index (χ0v) is 24.0. The van der Waals surface area contributed by atoms with Crippen molar-refractivity contribution in [2.45, 2.75) is 30.6 Å². The maximum atomic E-state index is 13.7. The van der Waals surface area contributed by atoms with Gasteiger partial charge in [-0.2, -0.15) is 14.4 Å². The van der Waals surface area contributed by atoms with E-state index in [1.165, 1.54) is 44.9 Å². The second kappa shape index (κ2) is 12.2. The van der Waals surface area contributed by atoms with Crippen LogP contribution in [0.1, 0.15) is 41.6 Å². The average molecular weight is 579 g/mol. The van der Waals surface area contributed by atoms with E-state index in [9.17, 15) is 13.2 Å². The monoisotopic (exact) mass is 578 g/mol. The molecule has 1 aliphatic rings. The molecule has 1 aliphatic heterocycles. The molecule has 3 aromatic carbocycles. The lowest BCUT2D eigenvalue weighted by atomic mass is 10.2. The fourth-order valence-electron chi connectivity index (χ4n) is 4.44. The number of anilines is 1. The van der Waals surface area contributed by atoms with Crippen molar-refractivity contribution >= 4 is 48.8 Å². The molecule has 0 radical (unpaired) electrons. The number of nitrogens with zero attached hydrogens (tertiary/aromatic N) is 4. The van der Waals surface area contributed by atoms with E-state index in [2.05, 4.69) is 10.1 Å². The van der Waals surface area contributed by atoms with Gasteiger partial charge >= 0.3 is 0 Å². The first-order chi connectivity index (χ1) is 19.4. The lowest BCUT2D eigenvalue weighted by Crippen LogP contribution is -2.32. The number of benzene rings is 3. The van der Waals surface area contributed by atoms with Gasteiger partial charge < -0.3 is 9.47 Å². The van der Waals surface area contributed by atoms with Gasteiger partial charge in [-0.15, -0.1) is 0 Å². The molecule has 0 aliphatic carbocycles. The molecule has 2 heterocycles. The maximum Gasteiger partial charge on any atom is 0.280 e. The number of amides is 1. The van der Waals surface area contributed by atoms with Gasteiger partial charge in [0.1, 0.15) is 11.5 Å². The van der Waals surface area contributed by atoms with Crippen LogP contribution in [0.15, 0.2) is 76.7 Å². The van der Waals surface area contributed by atoms with Crippen molar-refractivity contribution in [3.63, 3.8) is 0 Å². The third-order valence-electron chi connectivity index (χ3n) is 6.70. The standard InChI is InChI=1S/C29H30N4O5S2/c1-37-23-11-7-21(8-12-23)20-30-33(29-31-26-16-13-24(38-2)19-27(26)39-29)28(34)22-9-14-25(15-10-22)40(35,36)32-17-5-3-4-6-18-32/h7-16,19-20H,3-6,17-18H2,1-2H3/b30-20+. The highest BCUT2D eigenvalue weighted by atomic mass is 32.2. The van der Waals surface area contributed by atoms with Crippen LogP contribution in [-0.4, -0.2) is 57.1 Å². The van der Waals surface area contributed by atoms with Gasteiger partial charge in [-0.3, -0.25) is 4.79 Å². The first-order valence-corrected chi connectivity index (χ1v) is 15.2. The lowest BCUT2D eigenvalue weighted by Gasteiger charge is -2.20. The Morgan fingerprint density at radius 1 is 0.925 bits per heavy atom. The SMILES string of the molecule is COc1ccc(/C=N/N(C(=O)c2ccc(S(=O)(=O)N3CCCCCC3)cc2)c2nc3ccc(OC)cc3s2)cc1. The summed E-state index contributed by atoms with van der Waals surface area (Å²) in [7, 11) is -0.444. The number of carbonyl (C=O) groups is 1. The molecule has 0 saturated carbocycles. The van der Waals surface area contributed by atoms with E-state index in [0.717, 1.165) is 35.9 Å². The summed E-state index contributed by atoms with van der Waals surface area (Å²) in [5.41, 5.74) is 1.76. The van der Waals surface area contributed by atoms with E-state index < -0.39 is 15.9 Å². The minimum absolute atomic E-state index is 0.173. The van der Waals surface area contributed by atoms with E-state index in [-0.39, 0.29) is 4.90 Å². The Labute approximate surface area is 237 Å². The van der Waals surface area contributed by atoms with Crippen molar-refractivity contribution in [1.29, 1.82) is 0 Å². The normalized spacial score (nSPS) is 14.8. The largest absolute Gasteiger partial charge is 0.497 e. The maximum absolute atomic E-state index is 13.7. The third kappa shape index (κ3) is 6.01. The molecule has 4 aromatic rings. The molecule has 1 fully saturated rings. The minimum atomic E-state index is -3.63. The number of hydrogen-bond donors (Lipinski definition) is 0. The molecule has 0 atom stereocenters. The van der Waals surface area contributed by atoms with Crippen molar-refractivity contribution in [3.8, 4) is 11.5 Å². The van der Waals surface area contributed by atoms with Gasteiger partial charge in [-0.05, 0) is 85.1 Å². The van der Waals surface area contributed by atoms with E-state index in [1.807, 2.05) is 30.3 Å². The molecule has 5 rings (SSSR count). The first kappa shape index (κ1) is 27.8. The summed E-state index contributed by atoms with van der Waals surface area (Å²) < 4.78 is 39.3. The highest BCUT2D eigenvalue weighted by Crippen LogP contribution is 2.32. The van der Waals surface area contributed by atoms with Crippen LogP contribution < -0.4 is 14.5 Å². The number of ether oxygens (including phenoxy) is 2. The highest BCUT2D eigenvalue weighted by molar-refractivity contribution is 7.89. The number of carbonyl (C=O) groups excluding carboxylic acids is 1. The zero-order valence-electron chi connectivity index (χ0n) is 22.3. The van der Waals surface area contributed by atoms with Gasteiger partial charge in [0, 0.05) is 18.7 Å². The number of rotatable bonds is 8. The lowest BCUT2D eigenvalue weighted by molar-refractivity contribution is 0.0987. The van der Waals surface area contributed by atoms with Crippen LogP contribution in [0.4, 0.5) is 5.13 Å². The van der Waals surface area contributed by atoms with Crippen LogP contribution in [0.2, 0.25) is 0 Å². The van der Waals surface area contributed by atoms with E-state index in [0.29, 0.717) is 40.8 Å². The number of aromatic nitrogens is 1. The van der Waals surface area contributed by atoms with Gasteiger partial charge in [0.05, 0.1) is 35.5 Å². The number of methoxy groups -OCH3 is 2. The van der Waals surface area contributed by atoms with Gasteiger partial charge in [0.25, 0.3) is 5.91 Å². The second-order valence-corrected chi connectivity index (χ2v) is 12.3. The molecular formula is C29H30N4O5S2. The van der Waals surface area contributed by atoms with Gasteiger partial charge in [-0.1, -0.05) is 24.2 Å². The molecule has 0 unspecified atom stereocenters. The molecule has 9 nitrogen and oxygen atoms in total. The van der Waals surface area contributed by atoms with Crippen LogP contribution in [0.3, 0.4) is 0 Å². The number of hydrazone groups is 1. The van der Waals surface area contributed by atoms with E-state index in [1.54, 1.807) is 32.6 Å². The van der Waals surface area contributed by atoms with Crippen molar-refractivity contribution in [2.24, 2.45) is 5.10 Å². The van der Waals surface area contributed by atoms with Crippen LogP contribution in [0.5, 0.6) is 11.5 Å². The predicted molar refractivity (Wildman–Crippen MR) is 157 cm³/mol. The molecule has 0 N–H and O–H groups in total. The molecule has 1 aromatic heterocycles.